The van der Waals surface area contributed by atoms with Crippen molar-refractivity contribution in [1.82, 2.24) is 0 Å². The molecule has 0 heterocycles. The summed E-state index contributed by atoms with van der Waals surface area (Å²) in [6.45, 7) is 3.54. The van der Waals surface area contributed by atoms with Crippen molar-refractivity contribution in [2.45, 2.75) is 13.8 Å². The van der Waals surface area contributed by atoms with Gasteiger partial charge in [-0.15, -0.1) is 0 Å². The molecule has 0 aliphatic heterocycles. The summed E-state index contributed by atoms with van der Waals surface area (Å²) in [6.07, 6.45) is 2.14. The smallest absolute Gasteiger partial charge is 0.349 e. The number of hydrogen-bond donors (Lipinski definition) is 0. The average Bonchev–Trinajstić information content (AvgIpc) is 2.60. The lowest BCUT2D eigenvalue weighted by Gasteiger charge is -2.13. The standard InChI is InChI=1S/C19H19NO6/c1-13-5-4-6-14(2)19(13)25-12-18(21)26-16-8-7-15(9-10-20(22)23)11-17(16)24-3/h4-11H,12H2,1-3H3/b10-9+. The summed E-state index contributed by atoms with van der Waals surface area (Å²) in [4.78, 5) is 21.9. The normalized spacial score (nSPS) is 10.6. The number of nitrogens with zero attached hydrogens (tertiary/aromatic N) is 1. The Kier molecular flexibility index (Phi) is 6.32. The fourth-order valence-electron chi connectivity index (χ4n) is 2.33. The van der Waals surface area contributed by atoms with Gasteiger partial charge in [0.1, 0.15) is 5.75 Å². The van der Waals surface area contributed by atoms with Crippen molar-refractivity contribution in [3.05, 3.63) is 69.4 Å². The van der Waals surface area contributed by atoms with Crippen molar-refractivity contribution in [1.29, 1.82) is 0 Å². The Labute approximate surface area is 151 Å². The zero-order valence-electron chi connectivity index (χ0n) is 14.7. The van der Waals surface area contributed by atoms with Crippen molar-refractivity contribution in [3.63, 3.8) is 0 Å². The number of carbonyl (C=O) groups excluding carboxylic acids is 1. The van der Waals surface area contributed by atoms with E-state index in [4.69, 9.17) is 14.2 Å². The van der Waals surface area contributed by atoms with E-state index in [1.807, 2.05) is 32.0 Å². The molecule has 26 heavy (non-hydrogen) atoms. The number of ether oxygens (including phenoxy) is 3. The van der Waals surface area contributed by atoms with Crippen molar-refractivity contribution < 1.29 is 23.9 Å². The number of para-hydroxylation sites is 1. The van der Waals surface area contributed by atoms with Gasteiger partial charge < -0.3 is 14.2 Å². The number of carbonyl (C=O) groups is 1. The fraction of sp³-hybridized carbons (Fsp3) is 0.211. The van der Waals surface area contributed by atoms with Crippen LogP contribution in [0.1, 0.15) is 16.7 Å². The van der Waals surface area contributed by atoms with E-state index >= 15 is 0 Å². The quantitative estimate of drug-likeness (QED) is 0.326. The number of benzene rings is 2. The molecular formula is C19H19NO6. The highest BCUT2D eigenvalue weighted by molar-refractivity contribution is 5.75. The molecule has 0 aromatic heterocycles. The predicted octanol–water partition coefficient (Wildman–Crippen LogP) is 3.54. The summed E-state index contributed by atoms with van der Waals surface area (Å²) in [5.74, 6) is 0.563. The minimum Gasteiger partial charge on any atom is -0.493 e. The Bertz CT molecular complexity index is 824. The first kappa shape index (κ1) is 19.0. The Balaban J connectivity index is 2.05. The lowest BCUT2D eigenvalue weighted by atomic mass is 10.1. The number of aryl methyl sites for hydroxylation is 2. The summed E-state index contributed by atoms with van der Waals surface area (Å²) in [7, 11) is 1.42. The number of hydrogen-bond acceptors (Lipinski definition) is 6. The van der Waals surface area contributed by atoms with Crippen LogP contribution in [0, 0.1) is 24.0 Å². The highest BCUT2D eigenvalue weighted by atomic mass is 16.6. The third-order valence-electron chi connectivity index (χ3n) is 3.54. The maximum absolute atomic E-state index is 12.1. The zero-order valence-corrected chi connectivity index (χ0v) is 14.7. The molecule has 0 fully saturated rings. The van der Waals surface area contributed by atoms with Gasteiger partial charge in [-0.3, -0.25) is 10.1 Å². The maximum Gasteiger partial charge on any atom is 0.349 e. The van der Waals surface area contributed by atoms with E-state index in [0.29, 0.717) is 11.3 Å². The molecule has 2 aromatic carbocycles. The monoisotopic (exact) mass is 357 g/mol. The van der Waals surface area contributed by atoms with E-state index in [1.54, 1.807) is 6.07 Å². The summed E-state index contributed by atoms with van der Waals surface area (Å²) in [5, 5.41) is 10.4. The molecule has 0 spiro atoms. The van der Waals surface area contributed by atoms with Gasteiger partial charge in [0.05, 0.1) is 12.0 Å². The molecule has 0 radical (unpaired) electrons. The molecule has 0 N–H and O–H groups in total. The summed E-state index contributed by atoms with van der Waals surface area (Å²) in [6, 6.07) is 10.3. The van der Waals surface area contributed by atoms with Gasteiger partial charge >= 0.3 is 5.97 Å². The van der Waals surface area contributed by atoms with Crippen LogP contribution in [0.25, 0.3) is 6.08 Å². The molecule has 0 aliphatic carbocycles. The zero-order chi connectivity index (χ0) is 19.1. The SMILES string of the molecule is COc1cc(/C=C/[N+](=O)[O-])ccc1OC(=O)COc1c(C)cccc1C. The van der Waals surface area contributed by atoms with Crippen molar-refractivity contribution >= 4 is 12.0 Å². The van der Waals surface area contributed by atoms with Crippen molar-refractivity contribution in [3.8, 4) is 17.2 Å². The molecule has 0 unspecified atom stereocenters. The van der Waals surface area contributed by atoms with Crippen LogP contribution in [-0.2, 0) is 4.79 Å². The first-order chi connectivity index (χ1) is 12.4. The molecular weight excluding hydrogens is 338 g/mol. The molecule has 0 saturated carbocycles. The van der Waals surface area contributed by atoms with Gasteiger partial charge in [-0.2, -0.15) is 0 Å². The topological polar surface area (TPSA) is 87.9 Å². The third kappa shape index (κ3) is 5.07. The number of methoxy groups -OCH3 is 1. The number of esters is 1. The minimum atomic E-state index is -0.584. The fourth-order valence-corrected chi connectivity index (χ4v) is 2.33. The van der Waals surface area contributed by atoms with Crippen LogP contribution in [0.4, 0.5) is 0 Å². The minimum absolute atomic E-state index is 0.209. The van der Waals surface area contributed by atoms with E-state index in [2.05, 4.69) is 0 Å². The second-order valence-corrected chi connectivity index (χ2v) is 5.50. The van der Waals surface area contributed by atoms with Gasteiger partial charge in [0.25, 0.3) is 0 Å². The average molecular weight is 357 g/mol. The van der Waals surface area contributed by atoms with Crippen LogP contribution in [0.5, 0.6) is 17.2 Å². The first-order valence-corrected chi connectivity index (χ1v) is 7.80. The molecule has 7 nitrogen and oxygen atoms in total. The molecule has 0 saturated heterocycles. The Hall–Kier alpha value is -3.35. The van der Waals surface area contributed by atoms with Crippen LogP contribution in [0.2, 0.25) is 0 Å². The van der Waals surface area contributed by atoms with Crippen LogP contribution >= 0.6 is 0 Å². The predicted molar refractivity (Wildman–Crippen MR) is 96.1 cm³/mol. The van der Waals surface area contributed by atoms with E-state index in [1.165, 1.54) is 25.3 Å². The van der Waals surface area contributed by atoms with Gasteiger partial charge in [-0.1, -0.05) is 24.3 Å². The summed E-state index contributed by atoms with van der Waals surface area (Å²) in [5.41, 5.74) is 2.40. The summed E-state index contributed by atoms with van der Waals surface area (Å²) < 4.78 is 16.0. The van der Waals surface area contributed by atoms with Crippen molar-refractivity contribution in [2.75, 3.05) is 13.7 Å². The van der Waals surface area contributed by atoms with E-state index < -0.39 is 10.9 Å². The first-order valence-electron chi connectivity index (χ1n) is 7.80. The lowest BCUT2D eigenvalue weighted by molar-refractivity contribution is -0.400. The van der Waals surface area contributed by atoms with Gasteiger partial charge in [-0.25, -0.2) is 4.79 Å². The van der Waals surface area contributed by atoms with Crippen LogP contribution in [-0.4, -0.2) is 24.6 Å². The number of nitro groups is 1. The second-order valence-electron chi connectivity index (χ2n) is 5.50. The highest BCUT2D eigenvalue weighted by Gasteiger charge is 2.13. The van der Waals surface area contributed by atoms with Gasteiger partial charge in [0, 0.05) is 6.08 Å². The molecule has 0 bridgehead atoms. The molecule has 0 amide bonds. The van der Waals surface area contributed by atoms with E-state index in [9.17, 15) is 14.9 Å². The molecule has 2 aromatic rings. The Morgan fingerprint density at radius 1 is 1.15 bits per heavy atom. The lowest BCUT2D eigenvalue weighted by Crippen LogP contribution is -2.18. The third-order valence-corrected chi connectivity index (χ3v) is 3.54. The van der Waals surface area contributed by atoms with Crippen molar-refractivity contribution in [2.24, 2.45) is 0 Å². The largest absolute Gasteiger partial charge is 0.493 e. The Morgan fingerprint density at radius 3 is 2.46 bits per heavy atom. The Morgan fingerprint density at radius 2 is 1.85 bits per heavy atom. The van der Waals surface area contributed by atoms with E-state index in [-0.39, 0.29) is 18.1 Å². The van der Waals surface area contributed by atoms with Crippen LogP contribution in [0.3, 0.4) is 0 Å². The molecule has 0 atom stereocenters. The number of rotatable bonds is 7. The summed E-state index contributed by atoms with van der Waals surface area (Å²) >= 11 is 0. The van der Waals surface area contributed by atoms with Gasteiger partial charge in [-0.05, 0) is 42.7 Å². The highest BCUT2D eigenvalue weighted by Crippen LogP contribution is 2.29. The van der Waals surface area contributed by atoms with Gasteiger partial charge in [0.15, 0.2) is 18.1 Å². The van der Waals surface area contributed by atoms with Crippen LogP contribution < -0.4 is 14.2 Å². The molecule has 2 rings (SSSR count). The van der Waals surface area contributed by atoms with E-state index in [0.717, 1.165) is 17.3 Å². The molecule has 7 heteroatoms. The maximum atomic E-state index is 12.1. The molecule has 0 aliphatic rings. The van der Waals surface area contributed by atoms with Crippen LogP contribution in [0.15, 0.2) is 42.6 Å². The second kappa shape index (κ2) is 8.66. The molecule has 136 valence electrons. The van der Waals surface area contributed by atoms with Gasteiger partial charge in [0.2, 0.25) is 6.20 Å².